The topological polar surface area (TPSA) is 25.8 Å². The number of hydrogen-bond donors (Lipinski definition) is 0. The standard InChI is InChI=1S/C9H10N2S.C2H6/c1-3-4-5-8-6-10-9(12-2)11-7-8;1-2/h6-7H,3H2,1-2H3;1-2H3. The summed E-state index contributed by atoms with van der Waals surface area (Å²) in [5.41, 5.74) is 0.884. The van der Waals surface area contributed by atoms with E-state index in [1.54, 1.807) is 12.4 Å². The van der Waals surface area contributed by atoms with Gasteiger partial charge in [0.05, 0.1) is 5.56 Å². The van der Waals surface area contributed by atoms with Gasteiger partial charge in [-0.25, -0.2) is 9.97 Å². The van der Waals surface area contributed by atoms with Gasteiger partial charge in [0.1, 0.15) is 0 Å². The molecule has 1 aromatic heterocycles. The molecule has 0 unspecified atom stereocenters. The number of nitrogens with zero attached hydrogens (tertiary/aromatic N) is 2. The van der Waals surface area contributed by atoms with Gasteiger partial charge in [-0.2, -0.15) is 0 Å². The van der Waals surface area contributed by atoms with Gasteiger partial charge in [0.2, 0.25) is 0 Å². The maximum Gasteiger partial charge on any atom is 0.187 e. The van der Waals surface area contributed by atoms with Gasteiger partial charge < -0.3 is 0 Å². The van der Waals surface area contributed by atoms with Gasteiger partial charge in [0.25, 0.3) is 0 Å². The van der Waals surface area contributed by atoms with Gasteiger partial charge in [0, 0.05) is 18.8 Å². The van der Waals surface area contributed by atoms with Crippen molar-refractivity contribution in [2.75, 3.05) is 6.26 Å². The van der Waals surface area contributed by atoms with Crippen LogP contribution >= 0.6 is 11.8 Å². The van der Waals surface area contributed by atoms with E-state index in [0.29, 0.717) is 0 Å². The van der Waals surface area contributed by atoms with Crippen LogP contribution in [0.15, 0.2) is 17.6 Å². The molecule has 0 atom stereocenters. The van der Waals surface area contributed by atoms with Crippen LogP contribution in [-0.2, 0) is 0 Å². The molecule has 0 bridgehead atoms. The average Bonchev–Trinajstić information content (AvgIpc) is 2.30. The first kappa shape index (κ1) is 13.0. The Labute approximate surface area is 90.6 Å². The molecule has 0 aliphatic carbocycles. The predicted octanol–water partition coefficient (Wildman–Crippen LogP) is 2.99. The largest absolute Gasteiger partial charge is 0.230 e. The highest BCUT2D eigenvalue weighted by molar-refractivity contribution is 7.98. The summed E-state index contributed by atoms with van der Waals surface area (Å²) in [6.45, 7) is 6.02. The van der Waals surface area contributed by atoms with Crippen molar-refractivity contribution < 1.29 is 0 Å². The van der Waals surface area contributed by atoms with Crippen LogP contribution in [0.2, 0.25) is 0 Å². The summed E-state index contributed by atoms with van der Waals surface area (Å²) in [4.78, 5) is 8.20. The average molecular weight is 208 g/mol. The van der Waals surface area contributed by atoms with Crippen molar-refractivity contribution in [3.8, 4) is 11.8 Å². The van der Waals surface area contributed by atoms with E-state index in [-0.39, 0.29) is 0 Å². The van der Waals surface area contributed by atoms with E-state index in [1.165, 1.54) is 11.8 Å². The van der Waals surface area contributed by atoms with Gasteiger partial charge in [-0.05, 0) is 6.26 Å². The van der Waals surface area contributed by atoms with Gasteiger partial charge in [-0.1, -0.05) is 44.4 Å². The molecule has 0 aromatic carbocycles. The normalized spacial score (nSPS) is 8.00. The maximum atomic E-state index is 4.10. The van der Waals surface area contributed by atoms with Gasteiger partial charge >= 0.3 is 0 Å². The Balaban J connectivity index is 0.000000791. The van der Waals surface area contributed by atoms with Crippen LogP contribution in [0.3, 0.4) is 0 Å². The molecule has 76 valence electrons. The molecule has 0 N–H and O–H groups in total. The molecule has 0 fully saturated rings. The van der Waals surface area contributed by atoms with Gasteiger partial charge in [-0.3, -0.25) is 0 Å². The third-order valence-corrected chi connectivity index (χ3v) is 1.80. The number of thioether (sulfide) groups is 1. The highest BCUT2D eigenvalue weighted by Crippen LogP contribution is 2.05. The minimum atomic E-state index is 0.789. The lowest BCUT2D eigenvalue weighted by atomic mass is 10.3. The maximum absolute atomic E-state index is 4.10. The molecule has 0 spiro atoms. The second-order valence-electron chi connectivity index (χ2n) is 2.11. The lowest BCUT2D eigenvalue weighted by Gasteiger charge is -1.92. The molecule has 0 aliphatic heterocycles. The minimum absolute atomic E-state index is 0.789. The van der Waals surface area contributed by atoms with Crippen LogP contribution in [0.1, 0.15) is 32.8 Å². The van der Waals surface area contributed by atoms with Gasteiger partial charge in [-0.15, -0.1) is 0 Å². The Morgan fingerprint density at radius 2 is 1.86 bits per heavy atom. The van der Waals surface area contributed by atoms with Crippen molar-refractivity contribution in [2.45, 2.75) is 32.3 Å². The lowest BCUT2D eigenvalue weighted by Crippen LogP contribution is -1.85. The first-order valence-electron chi connectivity index (χ1n) is 4.71. The molecular weight excluding hydrogens is 192 g/mol. The Morgan fingerprint density at radius 3 is 2.29 bits per heavy atom. The third kappa shape index (κ3) is 4.88. The Hall–Kier alpha value is -1.01. The highest BCUT2D eigenvalue weighted by Gasteiger charge is 1.91. The van der Waals surface area contributed by atoms with Crippen LogP contribution in [0.4, 0.5) is 0 Å². The van der Waals surface area contributed by atoms with E-state index in [2.05, 4.69) is 21.8 Å². The molecule has 3 heteroatoms. The number of aromatic nitrogens is 2. The van der Waals surface area contributed by atoms with E-state index < -0.39 is 0 Å². The molecule has 14 heavy (non-hydrogen) atoms. The number of rotatable bonds is 1. The zero-order valence-corrected chi connectivity index (χ0v) is 9.98. The smallest absolute Gasteiger partial charge is 0.187 e. The second kappa shape index (κ2) is 8.58. The summed E-state index contributed by atoms with van der Waals surface area (Å²) in [5, 5.41) is 0.789. The molecule has 2 nitrogen and oxygen atoms in total. The number of hydrogen-bond acceptors (Lipinski definition) is 3. The summed E-state index contributed by atoms with van der Waals surface area (Å²) >= 11 is 1.53. The molecule has 0 amide bonds. The summed E-state index contributed by atoms with van der Waals surface area (Å²) in [5.74, 6) is 5.93. The summed E-state index contributed by atoms with van der Waals surface area (Å²) in [6, 6.07) is 0. The Morgan fingerprint density at radius 1 is 1.29 bits per heavy atom. The zero-order valence-electron chi connectivity index (χ0n) is 9.16. The van der Waals surface area contributed by atoms with Crippen LogP contribution in [0.25, 0.3) is 0 Å². The van der Waals surface area contributed by atoms with Crippen LogP contribution in [0, 0.1) is 11.8 Å². The fourth-order valence-corrected chi connectivity index (χ4v) is 0.993. The van der Waals surface area contributed by atoms with E-state index >= 15 is 0 Å². The predicted molar refractivity (Wildman–Crippen MR) is 62.3 cm³/mol. The lowest BCUT2D eigenvalue weighted by molar-refractivity contribution is 0.964. The van der Waals surface area contributed by atoms with Crippen LogP contribution < -0.4 is 0 Å². The quantitative estimate of drug-likeness (QED) is 0.403. The Bertz CT molecular complexity index is 295. The summed E-state index contributed by atoms with van der Waals surface area (Å²) in [7, 11) is 0. The highest BCUT2D eigenvalue weighted by atomic mass is 32.2. The molecule has 0 saturated heterocycles. The monoisotopic (exact) mass is 208 g/mol. The summed E-state index contributed by atoms with van der Waals surface area (Å²) < 4.78 is 0. The molecule has 0 radical (unpaired) electrons. The van der Waals surface area contributed by atoms with E-state index in [1.807, 2.05) is 27.0 Å². The fourth-order valence-electron chi connectivity index (χ4n) is 0.677. The first-order chi connectivity index (χ1) is 6.86. The van der Waals surface area contributed by atoms with Crippen LogP contribution in [-0.4, -0.2) is 16.2 Å². The molecule has 1 aromatic rings. The third-order valence-electron chi connectivity index (χ3n) is 1.22. The molecule has 1 rings (SSSR count). The van der Waals surface area contributed by atoms with Crippen LogP contribution in [0.5, 0.6) is 0 Å². The molecular formula is C11H16N2S. The van der Waals surface area contributed by atoms with E-state index in [4.69, 9.17) is 0 Å². The fraction of sp³-hybridized carbons (Fsp3) is 0.455. The SMILES string of the molecule is CC.CCC#Cc1cnc(SC)nc1. The van der Waals surface area contributed by atoms with Crippen molar-refractivity contribution in [3.05, 3.63) is 18.0 Å². The second-order valence-corrected chi connectivity index (χ2v) is 2.89. The van der Waals surface area contributed by atoms with Crippen molar-refractivity contribution >= 4 is 11.8 Å². The van der Waals surface area contributed by atoms with Crippen molar-refractivity contribution in [1.29, 1.82) is 0 Å². The molecule has 0 aliphatic rings. The summed E-state index contributed by atoms with van der Waals surface area (Å²) in [6.07, 6.45) is 6.32. The van der Waals surface area contributed by atoms with Crippen molar-refractivity contribution in [3.63, 3.8) is 0 Å². The van der Waals surface area contributed by atoms with E-state index in [9.17, 15) is 0 Å². The minimum Gasteiger partial charge on any atom is -0.230 e. The molecule has 1 heterocycles. The first-order valence-corrected chi connectivity index (χ1v) is 5.94. The van der Waals surface area contributed by atoms with Crippen molar-refractivity contribution in [1.82, 2.24) is 9.97 Å². The zero-order chi connectivity index (χ0) is 10.8. The van der Waals surface area contributed by atoms with E-state index in [0.717, 1.165) is 17.1 Å². The van der Waals surface area contributed by atoms with Crippen molar-refractivity contribution in [2.24, 2.45) is 0 Å². The molecule has 0 saturated carbocycles. The Kier molecular flexibility index (Phi) is 7.96. The van der Waals surface area contributed by atoms with Gasteiger partial charge in [0.15, 0.2) is 5.16 Å².